The molecule has 0 aromatic carbocycles. The molecule has 2 aromatic rings. The third kappa shape index (κ3) is 3.42. The van der Waals surface area contributed by atoms with Crippen molar-refractivity contribution < 1.29 is 5.11 Å². The number of aromatic nitrogens is 3. The van der Waals surface area contributed by atoms with Crippen LogP contribution in [0.1, 0.15) is 50.3 Å². The SMILES string of the molecule is CC.N/C=C(/c1cnn(C2CCCC2CO)c1)c1cc[nH]c1N. The van der Waals surface area contributed by atoms with Crippen molar-refractivity contribution >= 4 is 11.4 Å². The number of rotatable bonds is 4. The Bertz CT molecular complexity index is 643. The van der Waals surface area contributed by atoms with Gasteiger partial charge in [0.1, 0.15) is 5.82 Å². The van der Waals surface area contributed by atoms with Crippen molar-refractivity contribution in [3.05, 3.63) is 42.0 Å². The molecule has 1 fully saturated rings. The van der Waals surface area contributed by atoms with Gasteiger partial charge in [0.2, 0.25) is 0 Å². The monoisotopic (exact) mass is 317 g/mol. The number of hydrogen-bond donors (Lipinski definition) is 4. The van der Waals surface area contributed by atoms with Crippen molar-refractivity contribution in [1.82, 2.24) is 14.8 Å². The standard InChI is InChI=1S/C15H21N5O.C2H6/c16-6-13(12-4-5-18-15(12)17)11-7-19-20(8-11)14-3-1-2-10(14)9-21;1-2/h4-8,10,14,18,21H,1-3,9,16-17H2;1-2H3/b13-6-;. The second kappa shape index (κ2) is 7.87. The Kier molecular flexibility index (Phi) is 5.87. The second-order valence-electron chi connectivity index (χ2n) is 5.54. The van der Waals surface area contributed by atoms with Gasteiger partial charge in [-0.05, 0) is 18.9 Å². The van der Waals surface area contributed by atoms with Crippen molar-refractivity contribution in [2.75, 3.05) is 12.3 Å². The number of aliphatic hydroxyl groups is 1. The molecule has 1 aliphatic rings. The van der Waals surface area contributed by atoms with E-state index in [0.717, 1.165) is 36.0 Å². The number of hydrogen-bond acceptors (Lipinski definition) is 4. The second-order valence-corrected chi connectivity index (χ2v) is 5.54. The lowest BCUT2D eigenvalue weighted by atomic mass is 10.0. The molecule has 0 aliphatic heterocycles. The van der Waals surface area contributed by atoms with Crippen LogP contribution in [0.2, 0.25) is 0 Å². The summed E-state index contributed by atoms with van der Waals surface area (Å²) in [6.07, 6.45) is 10.4. The molecule has 0 amide bonds. The summed E-state index contributed by atoms with van der Waals surface area (Å²) in [7, 11) is 0. The smallest absolute Gasteiger partial charge is 0.108 e. The van der Waals surface area contributed by atoms with Crippen LogP contribution in [0.25, 0.3) is 5.57 Å². The van der Waals surface area contributed by atoms with Gasteiger partial charge < -0.3 is 21.6 Å². The summed E-state index contributed by atoms with van der Waals surface area (Å²) >= 11 is 0. The number of anilines is 1. The van der Waals surface area contributed by atoms with Gasteiger partial charge in [-0.15, -0.1) is 0 Å². The largest absolute Gasteiger partial charge is 0.404 e. The van der Waals surface area contributed by atoms with E-state index in [1.165, 1.54) is 0 Å². The van der Waals surface area contributed by atoms with Crippen molar-refractivity contribution in [3.63, 3.8) is 0 Å². The highest BCUT2D eigenvalue weighted by atomic mass is 16.3. The third-order valence-electron chi connectivity index (χ3n) is 4.34. The number of H-pyrrole nitrogens is 1. The van der Waals surface area contributed by atoms with Crippen LogP contribution in [0.5, 0.6) is 0 Å². The average molecular weight is 317 g/mol. The van der Waals surface area contributed by atoms with Gasteiger partial charge in [0.25, 0.3) is 0 Å². The zero-order valence-corrected chi connectivity index (χ0v) is 13.9. The molecule has 6 N–H and O–H groups in total. The molecular weight excluding hydrogens is 290 g/mol. The van der Waals surface area contributed by atoms with Gasteiger partial charge in [-0.1, -0.05) is 20.3 Å². The van der Waals surface area contributed by atoms with E-state index in [2.05, 4.69) is 10.1 Å². The van der Waals surface area contributed by atoms with Gasteiger partial charge in [0.05, 0.1) is 12.2 Å². The van der Waals surface area contributed by atoms with Gasteiger partial charge in [-0.25, -0.2) is 0 Å². The summed E-state index contributed by atoms with van der Waals surface area (Å²) in [5, 5.41) is 13.9. The van der Waals surface area contributed by atoms with Gasteiger partial charge in [0, 0.05) is 47.8 Å². The molecule has 126 valence electrons. The predicted octanol–water partition coefficient (Wildman–Crippen LogP) is 2.50. The Hall–Kier alpha value is -2.21. The Labute approximate surface area is 137 Å². The maximum Gasteiger partial charge on any atom is 0.108 e. The van der Waals surface area contributed by atoms with Crippen LogP contribution in [-0.2, 0) is 0 Å². The van der Waals surface area contributed by atoms with Crippen molar-refractivity contribution in [2.24, 2.45) is 11.7 Å². The van der Waals surface area contributed by atoms with E-state index in [1.54, 1.807) is 18.6 Å². The lowest BCUT2D eigenvalue weighted by Crippen LogP contribution is -2.17. The molecule has 1 saturated carbocycles. The van der Waals surface area contributed by atoms with E-state index in [-0.39, 0.29) is 12.6 Å². The molecular formula is C17H27N5O. The maximum absolute atomic E-state index is 9.45. The molecule has 0 spiro atoms. The van der Waals surface area contributed by atoms with Gasteiger partial charge in [-0.2, -0.15) is 5.10 Å². The minimum atomic E-state index is 0.213. The van der Waals surface area contributed by atoms with Crippen molar-refractivity contribution in [2.45, 2.75) is 39.2 Å². The van der Waals surface area contributed by atoms with Crippen LogP contribution < -0.4 is 11.5 Å². The van der Waals surface area contributed by atoms with Gasteiger partial charge >= 0.3 is 0 Å². The number of nitrogens with one attached hydrogen (secondary N) is 1. The lowest BCUT2D eigenvalue weighted by Gasteiger charge is -2.17. The van der Waals surface area contributed by atoms with Gasteiger partial charge in [-0.3, -0.25) is 4.68 Å². The first kappa shape index (κ1) is 17.1. The number of nitrogens with two attached hydrogens (primary N) is 2. The van der Waals surface area contributed by atoms with Crippen LogP contribution in [-0.4, -0.2) is 26.5 Å². The van der Waals surface area contributed by atoms with Crippen LogP contribution in [0.3, 0.4) is 0 Å². The molecule has 0 saturated heterocycles. The Morgan fingerprint density at radius 1 is 1.48 bits per heavy atom. The number of aromatic amines is 1. The zero-order chi connectivity index (χ0) is 16.8. The number of nitrogen functional groups attached to an aromatic ring is 1. The van der Waals surface area contributed by atoms with Crippen molar-refractivity contribution in [1.29, 1.82) is 0 Å². The lowest BCUT2D eigenvalue weighted by molar-refractivity contribution is 0.190. The molecule has 3 rings (SSSR count). The molecule has 0 bridgehead atoms. The molecule has 6 heteroatoms. The fraction of sp³-hybridized carbons (Fsp3) is 0.471. The highest BCUT2D eigenvalue weighted by molar-refractivity contribution is 5.83. The Morgan fingerprint density at radius 2 is 2.26 bits per heavy atom. The Morgan fingerprint density at radius 3 is 2.87 bits per heavy atom. The minimum absolute atomic E-state index is 0.213. The predicted molar refractivity (Wildman–Crippen MR) is 93.5 cm³/mol. The Balaban J connectivity index is 0.000000924. The summed E-state index contributed by atoms with van der Waals surface area (Å²) in [4.78, 5) is 2.95. The van der Waals surface area contributed by atoms with E-state index >= 15 is 0 Å². The zero-order valence-electron chi connectivity index (χ0n) is 13.9. The van der Waals surface area contributed by atoms with E-state index in [9.17, 15) is 5.11 Å². The van der Waals surface area contributed by atoms with E-state index in [0.29, 0.717) is 11.7 Å². The van der Waals surface area contributed by atoms with Crippen LogP contribution in [0, 0.1) is 5.92 Å². The van der Waals surface area contributed by atoms with Gasteiger partial charge in [0.15, 0.2) is 0 Å². The summed E-state index contributed by atoms with van der Waals surface area (Å²) in [6, 6.07) is 2.17. The fourth-order valence-corrected chi connectivity index (χ4v) is 3.20. The quantitative estimate of drug-likeness (QED) is 0.695. The molecule has 2 atom stereocenters. The fourth-order valence-electron chi connectivity index (χ4n) is 3.20. The molecule has 1 aliphatic carbocycles. The molecule has 2 aromatic heterocycles. The van der Waals surface area contributed by atoms with Crippen LogP contribution >= 0.6 is 0 Å². The minimum Gasteiger partial charge on any atom is -0.404 e. The molecule has 2 unspecified atom stereocenters. The normalized spacial score (nSPS) is 21.1. The first-order valence-corrected chi connectivity index (χ1v) is 8.25. The van der Waals surface area contributed by atoms with E-state index in [1.807, 2.05) is 30.8 Å². The van der Waals surface area contributed by atoms with E-state index in [4.69, 9.17) is 11.5 Å². The topological polar surface area (TPSA) is 106 Å². The van der Waals surface area contributed by atoms with Crippen LogP contribution in [0.15, 0.2) is 30.9 Å². The van der Waals surface area contributed by atoms with Crippen LogP contribution in [0.4, 0.5) is 5.82 Å². The summed E-state index contributed by atoms with van der Waals surface area (Å²) in [6.45, 7) is 4.21. The maximum atomic E-state index is 9.45. The highest BCUT2D eigenvalue weighted by Crippen LogP contribution is 2.36. The molecule has 23 heavy (non-hydrogen) atoms. The molecule has 0 radical (unpaired) electrons. The van der Waals surface area contributed by atoms with Crippen molar-refractivity contribution in [3.8, 4) is 0 Å². The first-order chi connectivity index (χ1) is 11.2. The number of nitrogens with zero attached hydrogens (tertiary/aromatic N) is 2. The highest BCUT2D eigenvalue weighted by Gasteiger charge is 2.28. The summed E-state index contributed by atoms with van der Waals surface area (Å²) < 4.78 is 1.95. The summed E-state index contributed by atoms with van der Waals surface area (Å²) in [5.41, 5.74) is 14.4. The number of aliphatic hydroxyl groups excluding tert-OH is 1. The summed E-state index contributed by atoms with van der Waals surface area (Å²) in [5.74, 6) is 0.883. The van der Waals surface area contributed by atoms with E-state index < -0.39 is 0 Å². The molecule has 6 nitrogen and oxygen atoms in total. The average Bonchev–Trinajstić information content (AvgIpc) is 3.31. The molecule has 2 heterocycles. The first-order valence-electron chi connectivity index (χ1n) is 8.25. The third-order valence-corrected chi connectivity index (χ3v) is 4.34.